The molecule has 0 aliphatic carbocycles. The molecule has 0 fully saturated rings. The van der Waals surface area contributed by atoms with E-state index in [0.717, 1.165) is 38.5 Å². The van der Waals surface area contributed by atoms with Crippen molar-refractivity contribution in [3.8, 4) is 22.4 Å². The molecule has 3 N–H and O–H groups in total. The summed E-state index contributed by atoms with van der Waals surface area (Å²) in [6, 6.07) is 22.7. The predicted octanol–water partition coefficient (Wildman–Crippen LogP) is 7.63. The minimum atomic E-state index is -0.563. The molecule has 1 amide bonds. The number of anilines is 1. The van der Waals surface area contributed by atoms with E-state index in [2.05, 4.69) is 22.9 Å². The van der Waals surface area contributed by atoms with E-state index in [1.54, 1.807) is 30.1 Å². The molecule has 1 aromatic heterocycles. The highest BCUT2D eigenvalue weighted by Gasteiger charge is 2.14. The summed E-state index contributed by atoms with van der Waals surface area (Å²) in [5.41, 5.74) is 11.5. The number of nitrogens with two attached hydrogens (primary N) is 1. The molecule has 4 nitrogen and oxygen atoms in total. The Balaban J connectivity index is 1.71. The van der Waals surface area contributed by atoms with Gasteiger partial charge in [0.1, 0.15) is 0 Å². The van der Waals surface area contributed by atoms with Crippen LogP contribution in [0.1, 0.15) is 15.9 Å². The Morgan fingerprint density at radius 2 is 1.74 bits per heavy atom. The molecule has 0 aliphatic heterocycles. The molecule has 0 saturated heterocycles. The van der Waals surface area contributed by atoms with Gasteiger partial charge in [-0.05, 0) is 72.0 Å². The van der Waals surface area contributed by atoms with Gasteiger partial charge in [-0.3, -0.25) is 9.78 Å². The van der Waals surface area contributed by atoms with Crippen LogP contribution >= 0.6 is 35.0 Å². The van der Waals surface area contributed by atoms with Crippen LogP contribution in [0.5, 0.6) is 0 Å². The van der Waals surface area contributed by atoms with E-state index in [1.165, 1.54) is 0 Å². The van der Waals surface area contributed by atoms with Gasteiger partial charge in [-0.2, -0.15) is 0 Å². The van der Waals surface area contributed by atoms with Crippen LogP contribution in [0.3, 0.4) is 0 Å². The smallest absolute Gasteiger partial charge is 0.250 e. The number of aromatic nitrogens is 1. The molecule has 1 heterocycles. The zero-order valence-electron chi connectivity index (χ0n) is 18.3. The number of hydrogen-bond acceptors (Lipinski definition) is 4. The molecule has 0 radical (unpaired) electrons. The van der Waals surface area contributed by atoms with Gasteiger partial charge in [-0.15, -0.1) is 11.8 Å². The molecule has 7 heteroatoms. The monoisotopic (exact) mass is 505 g/mol. The second-order valence-corrected chi connectivity index (χ2v) is 9.18. The van der Waals surface area contributed by atoms with Gasteiger partial charge < -0.3 is 11.1 Å². The molecule has 0 bridgehead atoms. The molecule has 0 spiro atoms. The number of nitrogens with one attached hydrogen (secondary N) is 1. The standard InChI is InChI=1S/C27H21Cl2N3OS/c1-16(32-18-7-11-24(28)23(14-18)26-5-3-4-12-31-26)20-10-8-19(34-2)15-22(20)17-6-9-21(27(30)33)25(29)13-17/h3-15,32H,1H2,2H3,(H2,30,33). The van der Waals surface area contributed by atoms with Gasteiger partial charge in [0.15, 0.2) is 0 Å². The molecule has 3 aromatic carbocycles. The van der Waals surface area contributed by atoms with Gasteiger partial charge in [-0.25, -0.2) is 0 Å². The fraction of sp³-hybridized carbons (Fsp3) is 0.0370. The summed E-state index contributed by atoms with van der Waals surface area (Å²) in [5.74, 6) is -0.563. The summed E-state index contributed by atoms with van der Waals surface area (Å²) in [7, 11) is 0. The van der Waals surface area contributed by atoms with Crippen molar-refractivity contribution < 1.29 is 4.79 Å². The van der Waals surface area contributed by atoms with Crippen molar-refractivity contribution in [3.05, 3.63) is 107 Å². The fourth-order valence-electron chi connectivity index (χ4n) is 3.60. The van der Waals surface area contributed by atoms with Crippen molar-refractivity contribution in [1.82, 2.24) is 4.98 Å². The number of rotatable bonds is 7. The topological polar surface area (TPSA) is 68.0 Å². The lowest BCUT2D eigenvalue weighted by molar-refractivity contribution is 0.100. The predicted molar refractivity (Wildman–Crippen MR) is 145 cm³/mol. The molecule has 4 aromatic rings. The minimum Gasteiger partial charge on any atom is -0.366 e. The molecular weight excluding hydrogens is 485 g/mol. The number of halogens is 2. The van der Waals surface area contributed by atoms with E-state index in [-0.39, 0.29) is 5.56 Å². The number of pyridine rings is 1. The molecule has 0 atom stereocenters. The number of thioether (sulfide) groups is 1. The number of benzene rings is 3. The van der Waals surface area contributed by atoms with Gasteiger partial charge in [-0.1, -0.05) is 48.0 Å². The Labute approximate surface area is 212 Å². The quantitative estimate of drug-likeness (QED) is 0.253. The van der Waals surface area contributed by atoms with Gasteiger partial charge in [0.25, 0.3) is 0 Å². The highest BCUT2D eigenvalue weighted by molar-refractivity contribution is 7.98. The molecule has 0 aliphatic rings. The minimum absolute atomic E-state index is 0.285. The van der Waals surface area contributed by atoms with Crippen LogP contribution in [0, 0.1) is 0 Å². The first-order chi connectivity index (χ1) is 16.4. The third-order valence-corrected chi connectivity index (χ3v) is 6.67. The van der Waals surface area contributed by atoms with Crippen LogP contribution in [0.25, 0.3) is 28.1 Å². The van der Waals surface area contributed by atoms with E-state index in [1.807, 2.05) is 60.9 Å². The first kappa shape index (κ1) is 23.9. The Morgan fingerprint density at radius 1 is 0.941 bits per heavy atom. The van der Waals surface area contributed by atoms with E-state index in [9.17, 15) is 4.79 Å². The van der Waals surface area contributed by atoms with Crippen molar-refractivity contribution in [2.45, 2.75) is 4.90 Å². The van der Waals surface area contributed by atoms with E-state index in [0.29, 0.717) is 15.7 Å². The third kappa shape index (κ3) is 5.12. The Morgan fingerprint density at radius 3 is 2.41 bits per heavy atom. The average Bonchev–Trinajstić information content (AvgIpc) is 2.85. The first-order valence-corrected chi connectivity index (χ1v) is 12.3. The van der Waals surface area contributed by atoms with Crippen LogP contribution < -0.4 is 11.1 Å². The fourth-order valence-corrected chi connectivity index (χ4v) is 4.53. The maximum atomic E-state index is 11.6. The largest absolute Gasteiger partial charge is 0.366 e. The summed E-state index contributed by atoms with van der Waals surface area (Å²) in [5, 5.41) is 4.31. The number of carbonyl (C=O) groups excluding carboxylic acids is 1. The zero-order chi connectivity index (χ0) is 24.2. The molecule has 0 unspecified atom stereocenters. The zero-order valence-corrected chi connectivity index (χ0v) is 20.6. The number of hydrogen-bond donors (Lipinski definition) is 2. The number of amides is 1. The van der Waals surface area contributed by atoms with Crippen molar-refractivity contribution in [2.24, 2.45) is 5.73 Å². The lowest BCUT2D eigenvalue weighted by Crippen LogP contribution is -2.11. The van der Waals surface area contributed by atoms with Crippen molar-refractivity contribution in [1.29, 1.82) is 0 Å². The van der Waals surface area contributed by atoms with E-state index in [4.69, 9.17) is 28.9 Å². The summed E-state index contributed by atoms with van der Waals surface area (Å²) >= 11 is 14.4. The summed E-state index contributed by atoms with van der Waals surface area (Å²) in [6.45, 7) is 4.28. The number of primary amides is 1. The van der Waals surface area contributed by atoms with Gasteiger partial charge >= 0.3 is 0 Å². The molecule has 34 heavy (non-hydrogen) atoms. The van der Waals surface area contributed by atoms with Gasteiger partial charge in [0.05, 0.1) is 21.3 Å². The highest BCUT2D eigenvalue weighted by Crippen LogP contribution is 2.36. The SMILES string of the molecule is C=C(Nc1ccc(Cl)c(-c2ccccn2)c1)c1ccc(SC)cc1-c1ccc(C(N)=O)c(Cl)c1. The van der Waals surface area contributed by atoms with Gasteiger partial charge in [0.2, 0.25) is 5.91 Å². The molecule has 4 rings (SSSR count). The second-order valence-electron chi connectivity index (χ2n) is 7.48. The van der Waals surface area contributed by atoms with Crippen LogP contribution in [-0.2, 0) is 0 Å². The summed E-state index contributed by atoms with van der Waals surface area (Å²) in [4.78, 5) is 17.1. The maximum Gasteiger partial charge on any atom is 0.250 e. The Bertz CT molecular complexity index is 1390. The first-order valence-electron chi connectivity index (χ1n) is 10.3. The molecule has 0 saturated carbocycles. The van der Waals surface area contributed by atoms with E-state index >= 15 is 0 Å². The van der Waals surface area contributed by atoms with Crippen LogP contribution in [0.2, 0.25) is 10.0 Å². The third-order valence-electron chi connectivity index (χ3n) is 5.30. The normalized spacial score (nSPS) is 10.7. The van der Waals surface area contributed by atoms with Crippen molar-refractivity contribution in [2.75, 3.05) is 11.6 Å². The van der Waals surface area contributed by atoms with Crippen molar-refractivity contribution in [3.63, 3.8) is 0 Å². The van der Waals surface area contributed by atoms with Crippen molar-refractivity contribution >= 4 is 52.3 Å². The van der Waals surface area contributed by atoms with Gasteiger partial charge in [0, 0.05) is 33.6 Å². The number of nitrogens with zero attached hydrogens (tertiary/aromatic N) is 1. The molecule has 170 valence electrons. The lowest BCUT2D eigenvalue weighted by atomic mass is 9.96. The highest BCUT2D eigenvalue weighted by atomic mass is 35.5. The lowest BCUT2D eigenvalue weighted by Gasteiger charge is -2.17. The maximum absolute atomic E-state index is 11.6. The Hall–Kier alpha value is -3.25. The second kappa shape index (κ2) is 10.3. The van der Waals surface area contributed by atoms with Crippen LogP contribution in [-0.4, -0.2) is 17.1 Å². The van der Waals surface area contributed by atoms with Crippen LogP contribution in [0.4, 0.5) is 5.69 Å². The van der Waals surface area contributed by atoms with Crippen LogP contribution in [0.15, 0.2) is 90.5 Å². The molecular formula is C27H21Cl2N3OS. The Kier molecular flexibility index (Phi) is 7.27. The number of carbonyl (C=O) groups is 1. The van der Waals surface area contributed by atoms with E-state index < -0.39 is 5.91 Å². The summed E-state index contributed by atoms with van der Waals surface area (Å²) in [6.07, 6.45) is 3.75. The average molecular weight is 506 g/mol. The summed E-state index contributed by atoms with van der Waals surface area (Å²) < 4.78 is 0.